The van der Waals surface area contributed by atoms with Crippen molar-refractivity contribution in [3.05, 3.63) is 64.7 Å². The summed E-state index contributed by atoms with van der Waals surface area (Å²) in [5.74, 6) is 0.393. The number of hydrogen-bond donors (Lipinski definition) is 1. The van der Waals surface area contributed by atoms with Gasteiger partial charge in [-0.25, -0.2) is 13.1 Å². The van der Waals surface area contributed by atoms with Gasteiger partial charge in [-0.05, 0) is 55.0 Å². The fraction of sp³-hybridized carbons (Fsp3) is 0.368. The number of sulfonamides is 1. The Morgan fingerprint density at radius 3 is 2.22 bits per heavy atom. The summed E-state index contributed by atoms with van der Waals surface area (Å²) in [7, 11) is -3.44. The van der Waals surface area contributed by atoms with E-state index in [0.717, 1.165) is 5.56 Å². The molecule has 2 aromatic carbocycles. The van der Waals surface area contributed by atoms with E-state index in [0.29, 0.717) is 23.8 Å². The summed E-state index contributed by atoms with van der Waals surface area (Å²) in [6.45, 7) is 8.69. The van der Waals surface area contributed by atoms with Gasteiger partial charge in [0.25, 0.3) is 0 Å². The molecule has 0 aliphatic carbocycles. The zero-order chi connectivity index (χ0) is 17.0. The van der Waals surface area contributed by atoms with Crippen molar-refractivity contribution < 1.29 is 8.42 Å². The molecule has 0 bridgehead atoms. The van der Waals surface area contributed by atoms with Crippen LogP contribution in [0.5, 0.6) is 0 Å². The van der Waals surface area contributed by atoms with Crippen LogP contribution in [0.2, 0.25) is 0 Å². The zero-order valence-electron chi connectivity index (χ0n) is 14.3. The van der Waals surface area contributed by atoms with Gasteiger partial charge in [0.1, 0.15) is 0 Å². The molecule has 0 fully saturated rings. The average Bonchev–Trinajstić information content (AvgIpc) is 2.49. The van der Waals surface area contributed by atoms with Crippen LogP contribution in [0, 0.1) is 13.8 Å². The van der Waals surface area contributed by atoms with Gasteiger partial charge >= 0.3 is 0 Å². The van der Waals surface area contributed by atoms with Crippen LogP contribution in [-0.4, -0.2) is 15.0 Å². The van der Waals surface area contributed by atoms with Gasteiger partial charge in [0, 0.05) is 6.54 Å². The third kappa shape index (κ3) is 4.66. The van der Waals surface area contributed by atoms with E-state index in [4.69, 9.17) is 0 Å². The van der Waals surface area contributed by atoms with Crippen molar-refractivity contribution in [2.24, 2.45) is 0 Å². The summed E-state index contributed by atoms with van der Waals surface area (Å²) in [6, 6.07) is 13.3. The summed E-state index contributed by atoms with van der Waals surface area (Å²) in [5.41, 5.74) is 4.73. The number of hydrogen-bond acceptors (Lipinski definition) is 2. The SMILES string of the molecule is Cc1ccc(CCNS(=O)(=O)c2ccc(C(C)C)cc2)c(C)c1. The summed E-state index contributed by atoms with van der Waals surface area (Å²) < 4.78 is 27.3. The van der Waals surface area contributed by atoms with E-state index in [1.165, 1.54) is 16.7 Å². The van der Waals surface area contributed by atoms with Crippen LogP contribution in [0.25, 0.3) is 0 Å². The molecule has 1 N–H and O–H groups in total. The molecule has 2 aromatic rings. The van der Waals surface area contributed by atoms with Crippen molar-refractivity contribution >= 4 is 10.0 Å². The van der Waals surface area contributed by atoms with Crippen LogP contribution >= 0.6 is 0 Å². The predicted octanol–water partition coefficient (Wildman–Crippen LogP) is 3.95. The van der Waals surface area contributed by atoms with Crippen molar-refractivity contribution in [1.82, 2.24) is 4.72 Å². The first-order valence-corrected chi connectivity index (χ1v) is 9.43. The molecule has 0 saturated heterocycles. The molecule has 0 aliphatic rings. The highest BCUT2D eigenvalue weighted by Gasteiger charge is 2.13. The minimum atomic E-state index is -3.44. The van der Waals surface area contributed by atoms with Crippen molar-refractivity contribution in [3.8, 4) is 0 Å². The molecular weight excluding hydrogens is 306 g/mol. The van der Waals surface area contributed by atoms with Crippen molar-refractivity contribution in [2.75, 3.05) is 6.54 Å². The van der Waals surface area contributed by atoms with Gasteiger partial charge in [0.05, 0.1) is 4.90 Å². The van der Waals surface area contributed by atoms with E-state index in [9.17, 15) is 8.42 Å². The minimum absolute atomic E-state index is 0.322. The van der Waals surface area contributed by atoms with Gasteiger partial charge in [0.2, 0.25) is 10.0 Å². The van der Waals surface area contributed by atoms with Crippen LogP contribution < -0.4 is 4.72 Å². The quantitative estimate of drug-likeness (QED) is 0.871. The standard InChI is InChI=1S/C19H25NO2S/c1-14(2)17-7-9-19(10-8-17)23(21,22)20-12-11-18-6-5-15(3)13-16(18)4/h5-10,13-14,20H,11-12H2,1-4H3. The molecule has 0 unspecified atom stereocenters. The molecule has 0 amide bonds. The molecule has 4 heteroatoms. The molecule has 23 heavy (non-hydrogen) atoms. The van der Waals surface area contributed by atoms with E-state index in [-0.39, 0.29) is 0 Å². The van der Waals surface area contributed by atoms with Gasteiger partial charge < -0.3 is 0 Å². The third-order valence-electron chi connectivity index (χ3n) is 4.04. The van der Waals surface area contributed by atoms with Crippen LogP contribution in [0.3, 0.4) is 0 Å². The van der Waals surface area contributed by atoms with E-state index in [1.54, 1.807) is 12.1 Å². The maximum Gasteiger partial charge on any atom is 0.240 e. The Bertz CT molecular complexity index is 762. The summed E-state index contributed by atoms with van der Waals surface area (Å²) in [4.78, 5) is 0.322. The van der Waals surface area contributed by atoms with E-state index < -0.39 is 10.0 Å². The normalized spacial score (nSPS) is 11.9. The van der Waals surface area contributed by atoms with E-state index in [1.807, 2.05) is 12.1 Å². The van der Waals surface area contributed by atoms with Gasteiger partial charge in [-0.1, -0.05) is 49.7 Å². The fourth-order valence-electron chi connectivity index (χ4n) is 2.56. The highest BCUT2D eigenvalue weighted by Crippen LogP contribution is 2.17. The van der Waals surface area contributed by atoms with Crippen molar-refractivity contribution in [1.29, 1.82) is 0 Å². The van der Waals surface area contributed by atoms with Crippen LogP contribution in [0.1, 0.15) is 42.0 Å². The lowest BCUT2D eigenvalue weighted by Crippen LogP contribution is -2.26. The van der Waals surface area contributed by atoms with Gasteiger partial charge in [-0.3, -0.25) is 0 Å². The smallest absolute Gasteiger partial charge is 0.211 e. The van der Waals surface area contributed by atoms with Gasteiger partial charge in [-0.15, -0.1) is 0 Å². The second kappa shape index (κ2) is 7.28. The third-order valence-corrected chi connectivity index (χ3v) is 5.52. The van der Waals surface area contributed by atoms with Crippen LogP contribution in [0.15, 0.2) is 47.4 Å². The first-order chi connectivity index (χ1) is 10.8. The van der Waals surface area contributed by atoms with Gasteiger partial charge in [-0.2, -0.15) is 0 Å². The molecule has 0 spiro atoms. The number of nitrogens with one attached hydrogen (secondary N) is 1. The molecule has 0 aliphatic heterocycles. The lowest BCUT2D eigenvalue weighted by Gasteiger charge is -2.10. The summed E-state index contributed by atoms with van der Waals surface area (Å²) in [5, 5.41) is 0. The average molecular weight is 331 g/mol. The van der Waals surface area contributed by atoms with E-state index >= 15 is 0 Å². The maximum absolute atomic E-state index is 12.3. The molecule has 3 nitrogen and oxygen atoms in total. The first-order valence-electron chi connectivity index (χ1n) is 7.95. The topological polar surface area (TPSA) is 46.2 Å². The second-order valence-electron chi connectivity index (χ2n) is 6.30. The van der Waals surface area contributed by atoms with E-state index in [2.05, 4.69) is 50.6 Å². The molecule has 0 atom stereocenters. The largest absolute Gasteiger partial charge is 0.240 e. The molecule has 2 rings (SSSR count). The predicted molar refractivity (Wildman–Crippen MR) is 95.3 cm³/mol. The Morgan fingerprint density at radius 2 is 1.65 bits per heavy atom. The Hall–Kier alpha value is -1.65. The lowest BCUT2D eigenvalue weighted by atomic mass is 10.0. The molecule has 0 aromatic heterocycles. The van der Waals surface area contributed by atoms with Gasteiger partial charge in [0.15, 0.2) is 0 Å². The van der Waals surface area contributed by atoms with Crippen molar-refractivity contribution in [3.63, 3.8) is 0 Å². The molecular formula is C19H25NO2S. The Morgan fingerprint density at radius 1 is 1.00 bits per heavy atom. The monoisotopic (exact) mass is 331 g/mol. The molecule has 0 radical (unpaired) electrons. The highest BCUT2D eigenvalue weighted by molar-refractivity contribution is 7.89. The Labute approximate surface area is 139 Å². The molecule has 0 heterocycles. The second-order valence-corrected chi connectivity index (χ2v) is 8.07. The van der Waals surface area contributed by atoms with Crippen molar-refractivity contribution in [2.45, 2.75) is 44.9 Å². The summed E-state index contributed by atoms with van der Waals surface area (Å²) in [6.07, 6.45) is 0.690. The highest BCUT2D eigenvalue weighted by atomic mass is 32.2. The summed E-state index contributed by atoms with van der Waals surface area (Å²) >= 11 is 0. The number of aryl methyl sites for hydroxylation is 2. The molecule has 124 valence electrons. The fourth-order valence-corrected chi connectivity index (χ4v) is 3.59. The lowest BCUT2D eigenvalue weighted by molar-refractivity contribution is 0.581. The zero-order valence-corrected chi connectivity index (χ0v) is 15.1. The van der Waals surface area contributed by atoms with Crippen LogP contribution in [-0.2, 0) is 16.4 Å². The maximum atomic E-state index is 12.3. The number of rotatable bonds is 6. The first kappa shape index (κ1) is 17.7. The Kier molecular flexibility index (Phi) is 5.60. The molecule has 0 saturated carbocycles. The number of benzene rings is 2. The Balaban J connectivity index is 2.01. The van der Waals surface area contributed by atoms with Crippen LogP contribution in [0.4, 0.5) is 0 Å². The minimum Gasteiger partial charge on any atom is -0.211 e.